The Morgan fingerprint density at radius 3 is 2.09 bits per heavy atom. The number of aliphatic hydroxyl groups is 3. The van der Waals surface area contributed by atoms with E-state index in [0.29, 0.717) is 17.7 Å². The molecule has 2 aromatic heterocycles. The van der Waals surface area contributed by atoms with E-state index in [9.17, 15) is 39.7 Å². The molecule has 0 radical (unpaired) electrons. The fourth-order valence-corrected chi connectivity index (χ4v) is 7.12. The van der Waals surface area contributed by atoms with Crippen LogP contribution in [0.25, 0.3) is 5.52 Å². The van der Waals surface area contributed by atoms with Crippen molar-refractivity contribution >= 4 is 19.2 Å². The summed E-state index contributed by atoms with van der Waals surface area (Å²) in [6, 6.07) is 10.2. The van der Waals surface area contributed by atoms with Crippen LogP contribution in [0.3, 0.4) is 0 Å². The van der Waals surface area contributed by atoms with Gasteiger partial charge in [-0.3, -0.25) is 9.05 Å². The van der Waals surface area contributed by atoms with Crippen LogP contribution in [0.15, 0.2) is 36.7 Å². The van der Waals surface area contributed by atoms with E-state index in [1.54, 1.807) is 6.07 Å². The highest BCUT2D eigenvalue weighted by Gasteiger charge is 2.36. The molecule has 15 nitrogen and oxygen atoms in total. The molecule has 0 saturated heterocycles. The van der Waals surface area contributed by atoms with Crippen LogP contribution >= 0.6 is 7.82 Å². The Hall–Kier alpha value is -3.54. The second-order valence-electron chi connectivity index (χ2n) is 14.3. The van der Waals surface area contributed by atoms with Gasteiger partial charge in [0.15, 0.2) is 5.82 Å². The molecule has 2 unspecified atom stereocenters. The van der Waals surface area contributed by atoms with E-state index in [-0.39, 0.29) is 30.3 Å². The molecule has 17 heteroatoms. The maximum absolute atomic E-state index is 14.0. The quantitative estimate of drug-likeness (QED) is 0.0331. The zero-order valence-corrected chi connectivity index (χ0v) is 33.9. The Kier molecular flexibility index (Phi) is 22.2. The van der Waals surface area contributed by atoms with Crippen molar-refractivity contribution in [2.75, 3.05) is 32.2 Å². The Morgan fingerprint density at radius 2 is 1.47 bits per heavy atom. The number of aliphatic hydroxyl groups excluding tert-OH is 3. The monoisotopic (exact) mass is 818 g/mol. The van der Waals surface area contributed by atoms with E-state index >= 15 is 0 Å². The van der Waals surface area contributed by atoms with Gasteiger partial charge in [-0.25, -0.2) is 18.5 Å². The van der Waals surface area contributed by atoms with Gasteiger partial charge in [0.25, 0.3) is 0 Å². The minimum atomic E-state index is -4.87. The zero-order chi connectivity index (χ0) is 41.5. The van der Waals surface area contributed by atoms with Crippen molar-refractivity contribution in [3.8, 4) is 12.1 Å². The average molecular weight is 819 g/mol. The van der Waals surface area contributed by atoms with E-state index in [0.717, 1.165) is 31.7 Å². The number of nitrogen functional groups attached to an aromatic ring is 1. The molecule has 0 aliphatic heterocycles. The van der Waals surface area contributed by atoms with Crippen molar-refractivity contribution in [3.05, 3.63) is 59.3 Å². The fourth-order valence-electron chi connectivity index (χ4n) is 6.34. The number of nitrogens with two attached hydrogens (primary N) is 1. The summed E-state index contributed by atoms with van der Waals surface area (Å²) in [6.07, 6.45) is 13.1. The third-order valence-corrected chi connectivity index (χ3v) is 10.6. The standard InChI is InChI=1S/C40H60FN6O9P/c1-2-3-4-5-6-7-8-9-10-11-12-13-14-15-16-19-53-27-34(54-25-31-20-30(23-42)21-33(41)22-31)28-56-57(51,52)55-26-32(24-43)37(48)39(50)38(49)35-17-18-36-40(44)45-29-46-47(35)36/h17-18,20-22,29,32,34,37-39,48-50H,2-16,19,25-28H2,1H3,(H,51,52)(H2,44,45,46)/t32?,34-,37-,38+,39-/m1/s1. The molecule has 0 bridgehead atoms. The lowest BCUT2D eigenvalue weighted by Crippen LogP contribution is -2.39. The van der Waals surface area contributed by atoms with Gasteiger partial charge >= 0.3 is 7.82 Å². The number of rotatable bonds is 31. The lowest BCUT2D eigenvalue weighted by molar-refractivity contribution is -0.0826. The van der Waals surface area contributed by atoms with Crippen molar-refractivity contribution in [1.29, 1.82) is 10.5 Å². The second-order valence-corrected chi connectivity index (χ2v) is 15.8. The minimum absolute atomic E-state index is 0.0341. The molecule has 316 valence electrons. The first-order valence-corrected chi connectivity index (χ1v) is 21.5. The number of nitriles is 2. The topological polar surface area (TPSA) is 239 Å². The van der Waals surface area contributed by atoms with E-state index in [2.05, 4.69) is 17.0 Å². The van der Waals surface area contributed by atoms with Crippen LogP contribution in [0.1, 0.15) is 126 Å². The molecular weight excluding hydrogens is 758 g/mol. The van der Waals surface area contributed by atoms with Crippen LogP contribution < -0.4 is 5.73 Å². The van der Waals surface area contributed by atoms with Gasteiger partial charge in [-0.15, -0.1) is 0 Å². The molecule has 6 N–H and O–H groups in total. The van der Waals surface area contributed by atoms with Crippen molar-refractivity contribution in [2.45, 2.75) is 134 Å². The molecule has 3 aromatic rings. The Balaban J connectivity index is 1.43. The molecule has 0 amide bonds. The van der Waals surface area contributed by atoms with Crippen LogP contribution in [0.5, 0.6) is 0 Å². The summed E-state index contributed by atoms with van der Waals surface area (Å²) < 4.78 is 49.9. The maximum Gasteiger partial charge on any atom is 0.472 e. The van der Waals surface area contributed by atoms with Crippen molar-refractivity contribution in [1.82, 2.24) is 14.6 Å². The van der Waals surface area contributed by atoms with E-state index in [4.69, 9.17) is 24.3 Å². The summed E-state index contributed by atoms with van der Waals surface area (Å²) in [5, 5.41) is 55.1. The Labute approximate surface area is 335 Å². The number of phosphoric acid groups is 1. The number of nitrogens with zero attached hydrogens (tertiary/aromatic N) is 5. The number of ether oxygens (including phenoxy) is 2. The lowest BCUT2D eigenvalue weighted by Gasteiger charge is -2.26. The first-order chi connectivity index (χ1) is 27.5. The molecule has 6 atom stereocenters. The van der Waals surface area contributed by atoms with Gasteiger partial charge in [0, 0.05) is 6.61 Å². The number of aromatic nitrogens is 3. The zero-order valence-electron chi connectivity index (χ0n) is 33.0. The van der Waals surface area contributed by atoms with Gasteiger partial charge in [0.2, 0.25) is 0 Å². The Bertz CT molecular complexity index is 1740. The predicted molar refractivity (Wildman–Crippen MR) is 211 cm³/mol. The number of fused-ring (bicyclic) bond motifs is 1. The maximum atomic E-state index is 14.0. The SMILES string of the molecule is CCCCCCCCCCCCCCCCCOC[C@H](COP(=O)(O)OCC(C#N)[C@@H](O)[C@@H](O)[C@@H](O)c1ccc2c(N)ncnn12)OCc1cc(F)cc(C#N)c1. The normalized spacial score (nSPS) is 15.4. The number of hydrogen-bond donors (Lipinski definition) is 5. The average Bonchev–Trinajstić information content (AvgIpc) is 3.64. The van der Waals surface area contributed by atoms with Gasteiger partial charge in [-0.05, 0) is 42.3 Å². The van der Waals surface area contributed by atoms with Crippen molar-refractivity contribution in [2.24, 2.45) is 5.92 Å². The first-order valence-electron chi connectivity index (χ1n) is 20.0. The smallest absolute Gasteiger partial charge is 0.389 e. The number of unbranched alkanes of at least 4 members (excludes halogenated alkanes) is 14. The van der Waals surface area contributed by atoms with E-state index < -0.39 is 57.2 Å². The second kappa shape index (κ2) is 26.5. The summed E-state index contributed by atoms with van der Waals surface area (Å²) in [4.78, 5) is 14.3. The van der Waals surface area contributed by atoms with Gasteiger partial charge in [-0.2, -0.15) is 15.6 Å². The molecule has 0 aliphatic carbocycles. The molecule has 2 heterocycles. The highest BCUT2D eigenvalue weighted by Crippen LogP contribution is 2.44. The van der Waals surface area contributed by atoms with Crippen molar-refractivity contribution < 1.29 is 47.7 Å². The van der Waals surface area contributed by atoms with Crippen LogP contribution in [-0.2, 0) is 29.7 Å². The van der Waals surface area contributed by atoms with Crippen LogP contribution in [0.2, 0.25) is 0 Å². The minimum Gasteiger partial charge on any atom is -0.389 e. The summed E-state index contributed by atoms with van der Waals surface area (Å²) in [7, 11) is -4.87. The van der Waals surface area contributed by atoms with Crippen LogP contribution in [0, 0.1) is 34.4 Å². The summed E-state index contributed by atoms with van der Waals surface area (Å²) >= 11 is 0. The molecule has 0 saturated carbocycles. The van der Waals surface area contributed by atoms with Crippen LogP contribution in [0.4, 0.5) is 10.2 Å². The lowest BCUT2D eigenvalue weighted by atomic mass is 9.95. The summed E-state index contributed by atoms with van der Waals surface area (Å²) in [6.45, 7) is 1.12. The molecule has 0 fully saturated rings. The molecule has 1 aromatic carbocycles. The molecule has 57 heavy (non-hydrogen) atoms. The number of hydrogen-bond acceptors (Lipinski definition) is 13. The highest BCUT2D eigenvalue weighted by molar-refractivity contribution is 7.47. The third-order valence-electron chi connectivity index (χ3n) is 9.67. The Morgan fingerprint density at radius 1 is 0.860 bits per heavy atom. The van der Waals surface area contributed by atoms with E-state index in [1.807, 2.05) is 6.07 Å². The molecule has 3 rings (SSSR count). The fraction of sp³-hybridized carbons (Fsp3) is 0.650. The number of anilines is 1. The number of halogens is 1. The van der Waals surface area contributed by atoms with E-state index in [1.165, 1.54) is 106 Å². The van der Waals surface area contributed by atoms with Gasteiger partial charge < -0.3 is 35.4 Å². The third kappa shape index (κ3) is 17.5. The van der Waals surface area contributed by atoms with Crippen LogP contribution in [-0.4, -0.2) is 79.6 Å². The number of benzene rings is 1. The molecule has 0 spiro atoms. The van der Waals surface area contributed by atoms with Gasteiger partial charge in [-0.1, -0.05) is 96.8 Å². The molecular formula is C40H60FN6O9P. The predicted octanol–water partition coefficient (Wildman–Crippen LogP) is 6.82. The summed E-state index contributed by atoms with van der Waals surface area (Å²) in [5.41, 5.74) is 6.67. The largest absolute Gasteiger partial charge is 0.472 e. The van der Waals surface area contributed by atoms with Gasteiger partial charge in [0.05, 0.1) is 55.7 Å². The number of phosphoric ester groups is 1. The first kappa shape index (κ1) is 47.8. The van der Waals surface area contributed by atoms with Gasteiger partial charge in [0.1, 0.15) is 42.1 Å². The highest BCUT2D eigenvalue weighted by atomic mass is 31.2. The molecule has 0 aliphatic rings. The summed E-state index contributed by atoms with van der Waals surface area (Å²) in [5.74, 6) is -2.08. The van der Waals surface area contributed by atoms with Crippen molar-refractivity contribution in [3.63, 3.8) is 0 Å².